The van der Waals surface area contributed by atoms with Crippen molar-refractivity contribution in [3.8, 4) is 17.0 Å². The predicted octanol–water partition coefficient (Wildman–Crippen LogP) is 6.95. The number of pyridine rings is 2. The van der Waals surface area contributed by atoms with Crippen molar-refractivity contribution in [1.82, 2.24) is 25.1 Å². The second-order valence-corrected chi connectivity index (χ2v) is 13.8. The number of carbonyl (C=O) groups excluding carboxylic acids is 1. The molecule has 2 saturated heterocycles. The number of anilines is 1. The fourth-order valence-electron chi connectivity index (χ4n) is 5.93. The maximum atomic E-state index is 15.7. The summed E-state index contributed by atoms with van der Waals surface area (Å²) in [5.41, 5.74) is -0.237. The zero-order valence-electron chi connectivity index (χ0n) is 26.8. The van der Waals surface area contributed by atoms with E-state index in [9.17, 15) is 14.7 Å². The summed E-state index contributed by atoms with van der Waals surface area (Å²) in [5, 5.41) is 18.6. The first-order valence-corrected chi connectivity index (χ1v) is 16.2. The summed E-state index contributed by atoms with van der Waals surface area (Å²) in [6.07, 6.45) is 5.53. The van der Waals surface area contributed by atoms with Gasteiger partial charge >= 0.3 is 12.1 Å². The fourth-order valence-corrected chi connectivity index (χ4v) is 6.60. The number of amides is 1. The molecule has 0 radical (unpaired) electrons. The molecule has 6 rings (SSSR count). The lowest BCUT2D eigenvalue weighted by Crippen LogP contribution is -2.75. The molecule has 0 spiro atoms. The van der Waals surface area contributed by atoms with Crippen LogP contribution < -0.4 is 15.0 Å². The molecule has 1 unspecified atom stereocenters. The first-order valence-electron chi connectivity index (χ1n) is 15.5. The van der Waals surface area contributed by atoms with Crippen molar-refractivity contribution in [2.45, 2.75) is 70.4 Å². The summed E-state index contributed by atoms with van der Waals surface area (Å²) in [7, 11) is 0. The molecule has 5 heterocycles. The molecule has 0 aliphatic carbocycles. The predicted molar refractivity (Wildman–Crippen MR) is 177 cm³/mol. The molecule has 15 heteroatoms. The number of rotatable bonds is 8. The van der Waals surface area contributed by atoms with Crippen LogP contribution in [0.4, 0.5) is 15.0 Å². The Kier molecular flexibility index (Phi) is 9.14. The Morgan fingerprint density at radius 2 is 1.88 bits per heavy atom. The first kappa shape index (κ1) is 33.7. The topological polar surface area (TPSA) is 141 Å². The minimum absolute atomic E-state index is 0.0510. The Morgan fingerprint density at radius 1 is 1.15 bits per heavy atom. The van der Waals surface area contributed by atoms with Gasteiger partial charge in [-0.15, -0.1) is 0 Å². The quantitative estimate of drug-likeness (QED) is 0.198. The number of carboxylic acid groups (broad SMARTS) is 1. The van der Waals surface area contributed by atoms with Gasteiger partial charge in [0.25, 0.3) is 0 Å². The van der Waals surface area contributed by atoms with Crippen molar-refractivity contribution in [2.24, 2.45) is 0 Å². The second-order valence-electron chi connectivity index (χ2n) is 13.0. The first-order chi connectivity index (χ1) is 22.7. The number of nitrogens with zero attached hydrogens (tertiary/aromatic N) is 5. The number of benzene rings is 1. The van der Waals surface area contributed by atoms with E-state index in [1.807, 2.05) is 25.1 Å². The van der Waals surface area contributed by atoms with Gasteiger partial charge in [0.2, 0.25) is 0 Å². The van der Waals surface area contributed by atoms with E-state index in [0.29, 0.717) is 44.6 Å². The highest BCUT2D eigenvalue weighted by molar-refractivity contribution is 6.35. The lowest BCUT2D eigenvalue weighted by Gasteiger charge is -2.47. The molecule has 12 nitrogen and oxygen atoms in total. The van der Waals surface area contributed by atoms with Crippen LogP contribution >= 0.6 is 23.2 Å². The molecule has 3 aromatic heterocycles. The van der Waals surface area contributed by atoms with E-state index in [-0.39, 0.29) is 25.1 Å². The third-order valence-corrected chi connectivity index (χ3v) is 8.78. The van der Waals surface area contributed by atoms with Gasteiger partial charge in [0.05, 0.1) is 28.7 Å². The van der Waals surface area contributed by atoms with E-state index in [2.05, 4.69) is 15.3 Å². The molecule has 2 aliphatic heterocycles. The number of hydrogen-bond acceptors (Lipinski definition) is 9. The van der Waals surface area contributed by atoms with E-state index < -0.39 is 35.1 Å². The van der Waals surface area contributed by atoms with E-state index in [0.717, 1.165) is 24.8 Å². The van der Waals surface area contributed by atoms with Gasteiger partial charge in [0, 0.05) is 41.7 Å². The molecule has 2 N–H and O–H groups in total. The zero-order valence-corrected chi connectivity index (χ0v) is 28.3. The van der Waals surface area contributed by atoms with E-state index >= 15 is 4.39 Å². The molecule has 2 aliphatic rings. The zero-order chi connectivity index (χ0) is 34.4. The van der Waals surface area contributed by atoms with Gasteiger partial charge in [0.1, 0.15) is 23.1 Å². The van der Waals surface area contributed by atoms with Gasteiger partial charge in [-0.1, -0.05) is 23.2 Å². The smallest absolute Gasteiger partial charge is 0.408 e. The Labute approximate surface area is 286 Å². The number of nitrogens with one attached hydrogen (secondary N) is 1. The van der Waals surface area contributed by atoms with Gasteiger partial charge in [-0.3, -0.25) is 4.98 Å². The molecule has 254 valence electrons. The Bertz CT molecular complexity index is 1850. The number of aromatic nitrogens is 4. The summed E-state index contributed by atoms with van der Waals surface area (Å²) in [6.45, 7) is 7.04. The van der Waals surface area contributed by atoms with Crippen molar-refractivity contribution < 1.29 is 33.3 Å². The van der Waals surface area contributed by atoms with Crippen LogP contribution in [-0.2, 0) is 14.3 Å². The van der Waals surface area contributed by atoms with Crippen molar-refractivity contribution >= 4 is 52.0 Å². The van der Waals surface area contributed by atoms with Crippen molar-refractivity contribution in [2.75, 3.05) is 24.6 Å². The summed E-state index contributed by atoms with van der Waals surface area (Å²) in [4.78, 5) is 34.3. The van der Waals surface area contributed by atoms with Crippen LogP contribution in [0, 0.1) is 5.82 Å². The van der Waals surface area contributed by atoms with Crippen LogP contribution in [0.1, 0.15) is 64.9 Å². The fraction of sp³-hybridized carbons (Fsp3) is 0.424. The monoisotopic (exact) mass is 700 g/mol. The number of carboxylic acids is 1. The summed E-state index contributed by atoms with van der Waals surface area (Å²) >= 11 is 12.7. The number of aliphatic carboxylic acids is 1. The molecule has 0 saturated carbocycles. The van der Waals surface area contributed by atoms with Crippen LogP contribution in [-0.4, -0.2) is 67.8 Å². The van der Waals surface area contributed by atoms with Crippen LogP contribution in [0.2, 0.25) is 10.0 Å². The summed E-state index contributed by atoms with van der Waals surface area (Å²) in [5.74, 6) is -1.48. The number of fused-ring (bicyclic) bond motifs is 1. The lowest BCUT2D eigenvalue weighted by molar-refractivity contribution is -0.146. The van der Waals surface area contributed by atoms with Gasteiger partial charge in [-0.25, -0.2) is 23.6 Å². The third kappa shape index (κ3) is 6.71. The van der Waals surface area contributed by atoms with Crippen LogP contribution in [0.15, 0.2) is 42.9 Å². The highest BCUT2D eigenvalue weighted by Crippen LogP contribution is 2.38. The average molecular weight is 702 g/mol. The summed E-state index contributed by atoms with van der Waals surface area (Å²) < 4.78 is 35.1. The van der Waals surface area contributed by atoms with Gasteiger partial charge in [-0.2, -0.15) is 5.10 Å². The molecule has 1 aromatic carbocycles. The maximum absolute atomic E-state index is 15.7. The van der Waals surface area contributed by atoms with Crippen LogP contribution in [0.5, 0.6) is 5.75 Å². The van der Waals surface area contributed by atoms with Gasteiger partial charge < -0.3 is 29.5 Å². The Hall–Kier alpha value is -4.20. The standard InChI is InChI=1S/C33H35Cl2FN6O6/c1-18(27-22(34)14-37-15-23(27)35)47-20-8-9-25-21(12-20)28(40-42(25)26-7-5-6-10-46-26)19-11-24(36)29(38-13-19)41-16-33(17-41,30(43)44)39-31(45)48-32(2,3)4/h8-9,11-15,18,26H,5-7,10,16-17H2,1-4H3,(H,39,45)(H,43,44)/t18-,26?/m1/s1. The van der Waals surface area contributed by atoms with Crippen LogP contribution in [0.25, 0.3) is 22.2 Å². The van der Waals surface area contributed by atoms with Gasteiger partial charge in [-0.05, 0) is 71.2 Å². The van der Waals surface area contributed by atoms with E-state index in [1.54, 1.807) is 25.5 Å². The largest absolute Gasteiger partial charge is 0.486 e. The highest BCUT2D eigenvalue weighted by Gasteiger charge is 2.52. The Balaban J connectivity index is 1.30. The number of halogens is 3. The normalized spacial score (nSPS) is 18.2. The highest BCUT2D eigenvalue weighted by atomic mass is 35.5. The number of ether oxygens (including phenoxy) is 3. The average Bonchev–Trinajstić information content (AvgIpc) is 3.37. The molecule has 2 fully saturated rings. The van der Waals surface area contributed by atoms with Crippen molar-refractivity contribution in [3.63, 3.8) is 0 Å². The molecule has 0 bridgehead atoms. The van der Waals surface area contributed by atoms with Crippen molar-refractivity contribution in [1.29, 1.82) is 0 Å². The second kappa shape index (κ2) is 13.0. The lowest BCUT2D eigenvalue weighted by atomic mass is 9.90. The molecule has 48 heavy (non-hydrogen) atoms. The minimum atomic E-state index is -1.65. The molecule has 2 atom stereocenters. The molecular weight excluding hydrogens is 666 g/mol. The molecular formula is C33H35Cl2FN6O6. The van der Waals surface area contributed by atoms with E-state index in [1.165, 1.54) is 29.6 Å². The van der Waals surface area contributed by atoms with Crippen LogP contribution in [0.3, 0.4) is 0 Å². The number of hydrogen-bond donors (Lipinski definition) is 2. The number of carbonyl (C=O) groups is 2. The van der Waals surface area contributed by atoms with E-state index in [4.69, 9.17) is 42.5 Å². The Morgan fingerprint density at radius 3 is 2.50 bits per heavy atom. The third-order valence-electron chi connectivity index (χ3n) is 8.18. The SMILES string of the molecule is C[C@@H](Oc1ccc2c(c1)c(-c1cnc(N3CC(NC(=O)OC(C)(C)C)(C(=O)O)C3)c(F)c1)nn2C1CCCCO1)c1c(Cl)cncc1Cl. The summed E-state index contributed by atoms with van der Waals surface area (Å²) in [6, 6.07) is 6.83. The molecule has 1 amide bonds. The maximum Gasteiger partial charge on any atom is 0.408 e. The minimum Gasteiger partial charge on any atom is -0.486 e. The van der Waals surface area contributed by atoms with Gasteiger partial charge in [0.15, 0.2) is 23.4 Å². The molecule has 4 aromatic rings. The number of alkyl carbamates (subject to hydrolysis) is 1. The van der Waals surface area contributed by atoms with Crippen molar-refractivity contribution in [3.05, 3.63) is 64.3 Å².